The molecule has 3 rings (SSSR count). The van der Waals surface area contributed by atoms with Crippen LogP contribution in [0.15, 0.2) is 35.2 Å². The van der Waals surface area contributed by atoms with Gasteiger partial charge in [0.2, 0.25) is 0 Å². The largest absolute Gasteiger partial charge is 0.465 e. The van der Waals surface area contributed by atoms with Crippen LogP contribution in [0.3, 0.4) is 0 Å². The standard InChI is InChI=1S/C11H8N2O3S/c1-15-10(14)9-6-13-5-7(12-11(13)17-9)8-3-2-4-16-8/h2-6H,1H3. The lowest BCUT2D eigenvalue weighted by Crippen LogP contribution is -1.97. The molecule has 0 aliphatic carbocycles. The van der Waals surface area contributed by atoms with Gasteiger partial charge in [0.25, 0.3) is 0 Å². The molecule has 3 aromatic heterocycles. The number of esters is 1. The Labute approximate surface area is 100 Å². The van der Waals surface area contributed by atoms with Gasteiger partial charge < -0.3 is 9.15 Å². The number of furan rings is 1. The first kappa shape index (κ1) is 10.1. The highest BCUT2D eigenvalue weighted by molar-refractivity contribution is 7.18. The first-order valence-corrected chi connectivity index (χ1v) is 5.70. The fourth-order valence-corrected chi connectivity index (χ4v) is 2.42. The number of aromatic nitrogens is 2. The molecule has 0 N–H and O–H groups in total. The van der Waals surface area contributed by atoms with Gasteiger partial charge in [0.05, 0.1) is 13.4 Å². The van der Waals surface area contributed by atoms with E-state index in [4.69, 9.17) is 4.42 Å². The van der Waals surface area contributed by atoms with E-state index in [2.05, 4.69) is 9.72 Å². The van der Waals surface area contributed by atoms with Gasteiger partial charge in [-0.1, -0.05) is 11.3 Å². The molecule has 17 heavy (non-hydrogen) atoms. The van der Waals surface area contributed by atoms with E-state index in [0.717, 1.165) is 10.7 Å². The van der Waals surface area contributed by atoms with Gasteiger partial charge in [0.15, 0.2) is 10.7 Å². The number of carbonyl (C=O) groups is 1. The summed E-state index contributed by atoms with van der Waals surface area (Å²) in [5.74, 6) is 0.362. The first-order valence-electron chi connectivity index (χ1n) is 4.88. The molecule has 0 bridgehead atoms. The van der Waals surface area contributed by atoms with E-state index < -0.39 is 0 Å². The summed E-state index contributed by atoms with van der Waals surface area (Å²) in [6, 6.07) is 3.65. The Morgan fingerprint density at radius 3 is 3.06 bits per heavy atom. The highest BCUT2D eigenvalue weighted by Gasteiger charge is 2.14. The Morgan fingerprint density at radius 1 is 1.53 bits per heavy atom. The van der Waals surface area contributed by atoms with Crippen LogP contribution in [-0.4, -0.2) is 22.5 Å². The third-order valence-corrected chi connectivity index (χ3v) is 3.29. The summed E-state index contributed by atoms with van der Waals surface area (Å²) in [6.45, 7) is 0. The third kappa shape index (κ3) is 1.62. The Kier molecular flexibility index (Phi) is 2.22. The molecule has 0 saturated heterocycles. The molecule has 0 radical (unpaired) electrons. The van der Waals surface area contributed by atoms with E-state index in [-0.39, 0.29) is 5.97 Å². The SMILES string of the molecule is COC(=O)c1cn2cc(-c3ccco3)nc2s1. The summed E-state index contributed by atoms with van der Waals surface area (Å²) < 4.78 is 11.7. The number of carbonyl (C=O) groups excluding carboxylic acids is 1. The minimum Gasteiger partial charge on any atom is -0.465 e. The minimum absolute atomic E-state index is 0.347. The molecule has 0 aliphatic rings. The predicted octanol–water partition coefficient (Wildman–Crippen LogP) is 2.44. The number of hydrogen-bond acceptors (Lipinski definition) is 5. The fourth-order valence-electron chi connectivity index (χ4n) is 1.53. The number of rotatable bonds is 2. The van der Waals surface area contributed by atoms with Crippen LogP contribution in [-0.2, 0) is 4.74 Å². The maximum absolute atomic E-state index is 11.3. The van der Waals surface area contributed by atoms with Gasteiger partial charge in [-0.15, -0.1) is 0 Å². The number of hydrogen-bond donors (Lipinski definition) is 0. The number of ether oxygens (including phenoxy) is 1. The van der Waals surface area contributed by atoms with Crippen molar-refractivity contribution in [2.24, 2.45) is 0 Å². The van der Waals surface area contributed by atoms with Gasteiger partial charge >= 0.3 is 5.97 Å². The zero-order valence-electron chi connectivity index (χ0n) is 8.91. The molecule has 0 aromatic carbocycles. The average Bonchev–Trinajstić information content (AvgIpc) is 3.01. The molecule has 5 nitrogen and oxygen atoms in total. The van der Waals surface area contributed by atoms with Crippen LogP contribution >= 0.6 is 11.3 Å². The van der Waals surface area contributed by atoms with Crippen LogP contribution in [0.4, 0.5) is 0 Å². The normalized spacial score (nSPS) is 10.9. The highest BCUT2D eigenvalue weighted by atomic mass is 32.1. The van der Waals surface area contributed by atoms with Crippen molar-refractivity contribution in [3.63, 3.8) is 0 Å². The lowest BCUT2D eigenvalue weighted by atomic mass is 10.4. The lowest BCUT2D eigenvalue weighted by molar-refractivity contribution is 0.0606. The molecular weight excluding hydrogens is 240 g/mol. The minimum atomic E-state index is -0.347. The van der Waals surface area contributed by atoms with Crippen molar-refractivity contribution in [3.05, 3.63) is 35.7 Å². The van der Waals surface area contributed by atoms with E-state index in [1.807, 2.05) is 18.3 Å². The topological polar surface area (TPSA) is 56.7 Å². The monoisotopic (exact) mass is 248 g/mol. The Hall–Kier alpha value is -2.08. The quantitative estimate of drug-likeness (QED) is 0.653. The molecule has 3 heterocycles. The van der Waals surface area contributed by atoms with Gasteiger partial charge in [-0.2, -0.15) is 0 Å². The molecule has 0 amide bonds. The van der Waals surface area contributed by atoms with Gasteiger partial charge in [-0.25, -0.2) is 9.78 Å². The van der Waals surface area contributed by atoms with Crippen molar-refractivity contribution < 1.29 is 13.9 Å². The van der Waals surface area contributed by atoms with Gasteiger partial charge in [-0.3, -0.25) is 4.40 Å². The lowest BCUT2D eigenvalue weighted by Gasteiger charge is -1.91. The molecule has 0 atom stereocenters. The number of nitrogens with zero attached hydrogens (tertiary/aromatic N) is 2. The maximum atomic E-state index is 11.3. The van der Waals surface area contributed by atoms with Crippen molar-refractivity contribution in [2.75, 3.05) is 7.11 Å². The fraction of sp³-hybridized carbons (Fsp3) is 0.0909. The Morgan fingerprint density at radius 2 is 2.41 bits per heavy atom. The second-order valence-corrected chi connectivity index (χ2v) is 4.39. The molecule has 0 aliphatic heterocycles. The zero-order chi connectivity index (χ0) is 11.8. The van der Waals surface area contributed by atoms with Gasteiger partial charge in [-0.05, 0) is 12.1 Å². The Balaban J connectivity index is 2.05. The third-order valence-electron chi connectivity index (χ3n) is 2.32. The van der Waals surface area contributed by atoms with E-state index in [1.165, 1.54) is 18.4 Å². The van der Waals surface area contributed by atoms with Crippen LogP contribution in [0.1, 0.15) is 9.67 Å². The van der Waals surface area contributed by atoms with Crippen molar-refractivity contribution in [3.8, 4) is 11.5 Å². The van der Waals surface area contributed by atoms with E-state index in [1.54, 1.807) is 16.9 Å². The van der Waals surface area contributed by atoms with Crippen molar-refractivity contribution in [1.82, 2.24) is 9.38 Å². The summed E-state index contributed by atoms with van der Waals surface area (Å²) in [5, 5.41) is 0. The van der Waals surface area contributed by atoms with Crippen molar-refractivity contribution >= 4 is 22.3 Å². The van der Waals surface area contributed by atoms with Gasteiger partial charge in [0, 0.05) is 12.4 Å². The van der Waals surface area contributed by atoms with Crippen molar-refractivity contribution in [1.29, 1.82) is 0 Å². The second kappa shape index (κ2) is 3.74. The highest BCUT2D eigenvalue weighted by Crippen LogP contribution is 2.24. The number of imidazole rings is 1. The molecule has 86 valence electrons. The maximum Gasteiger partial charge on any atom is 0.349 e. The summed E-state index contributed by atoms with van der Waals surface area (Å²) >= 11 is 1.28. The second-order valence-electron chi connectivity index (χ2n) is 3.38. The van der Waals surface area contributed by atoms with Crippen LogP contribution in [0.2, 0.25) is 0 Å². The van der Waals surface area contributed by atoms with E-state index in [9.17, 15) is 4.79 Å². The number of fused-ring (bicyclic) bond motifs is 1. The summed E-state index contributed by atoms with van der Waals surface area (Å²) in [5.41, 5.74) is 0.748. The average molecular weight is 248 g/mol. The Bertz CT molecular complexity index is 635. The van der Waals surface area contributed by atoms with Crippen molar-refractivity contribution in [2.45, 2.75) is 0 Å². The molecule has 0 fully saturated rings. The van der Waals surface area contributed by atoms with E-state index in [0.29, 0.717) is 10.6 Å². The van der Waals surface area contributed by atoms with Crippen LogP contribution in [0, 0.1) is 0 Å². The summed E-state index contributed by atoms with van der Waals surface area (Å²) in [6.07, 6.45) is 5.12. The predicted molar refractivity (Wildman–Crippen MR) is 62.1 cm³/mol. The number of thiazole rings is 1. The number of methoxy groups -OCH3 is 1. The summed E-state index contributed by atoms with van der Waals surface area (Å²) in [7, 11) is 1.36. The van der Waals surface area contributed by atoms with Gasteiger partial charge in [0.1, 0.15) is 10.6 Å². The van der Waals surface area contributed by atoms with Crippen LogP contribution < -0.4 is 0 Å². The molecule has 0 spiro atoms. The summed E-state index contributed by atoms with van der Waals surface area (Å²) in [4.78, 5) is 17.0. The zero-order valence-corrected chi connectivity index (χ0v) is 9.73. The molecular formula is C11H8N2O3S. The first-order chi connectivity index (χ1) is 8.28. The van der Waals surface area contributed by atoms with Crippen LogP contribution in [0.5, 0.6) is 0 Å². The molecule has 0 saturated carbocycles. The smallest absolute Gasteiger partial charge is 0.349 e. The molecule has 6 heteroatoms. The van der Waals surface area contributed by atoms with E-state index >= 15 is 0 Å². The van der Waals surface area contributed by atoms with Crippen LogP contribution in [0.25, 0.3) is 16.4 Å². The molecule has 3 aromatic rings. The molecule has 0 unspecified atom stereocenters.